The Morgan fingerprint density at radius 2 is 0.710 bits per heavy atom. The van der Waals surface area contributed by atoms with Crippen molar-refractivity contribution < 1.29 is 19.8 Å². The molecule has 0 atom stereocenters. The number of carboxylic acid groups (broad SMARTS) is 2. The Labute approximate surface area is 204 Å². The van der Waals surface area contributed by atoms with Crippen molar-refractivity contribution in [3.8, 4) is 0 Å². The van der Waals surface area contributed by atoms with Crippen molar-refractivity contribution in [2.24, 2.45) is 5.41 Å². The number of carboxylic acids is 2. The summed E-state index contributed by atoms with van der Waals surface area (Å²) in [7, 11) is 0. The van der Waals surface area contributed by atoms with Crippen LogP contribution in [0.15, 0.2) is 0 Å². The Balaban J connectivity index is 0. The maximum absolute atomic E-state index is 11.8. The van der Waals surface area contributed by atoms with Crippen molar-refractivity contribution in [2.75, 3.05) is 0 Å². The standard InChI is InChI=1S/C26H50O4.Li.H/c1-3-5-7-9-11-13-15-17-19-21-23-26(24(27)28,25(29)30)22-20-18-16-14-12-10-8-6-4-2;;/h3-23H2,1-2H3,(H,27,28)(H,29,30);;. The van der Waals surface area contributed by atoms with Crippen LogP contribution in [-0.2, 0) is 9.59 Å². The molecule has 0 aliphatic heterocycles. The van der Waals surface area contributed by atoms with Crippen molar-refractivity contribution >= 4 is 30.8 Å². The minimum absolute atomic E-state index is 0. The van der Waals surface area contributed by atoms with E-state index in [1.165, 1.54) is 83.5 Å². The third-order valence-electron chi connectivity index (χ3n) is 6.48. The van der Waals surface area contributed by atoms with E-state index in [2.05, 4.69) is 13.8 Å². The average molecular weight is 435 g/mol. The zero-order valence-corrected chi connectivity index (χ0v) is 20.1. The summed E-state index contributed by atoms with van der Waals surface area (Å²) in [6.07, 6.45) is 22.5. The van der Waals surface area contributed by atoms with Gasteiger partial charge in [0, 0.05) is 0 Å². The molecule has 0 aromatic carbocycles. The molecule has 0 rings (SSSR count). The summed E-state index contributed by atoms with van der Waals surface area (Å²) in [5.41, 5.74) is -1.58. The van der Waals surface area contributed by atoms with Crippen LogP contribution in [0.3, 0.4) is 0 Å². The molecule has 2 N–H and O–H groups in total. The van der Waals surface area contributed by atoms with Crippen molar-refractivity contribution in [3.63, 3.8) is 0 Å². The van der Waals surface area contributed by atoms with E-state index in [9.17, 15) is 19.8 Å². The first-order valence-electron chi connectivity index (χ1n) is 13.0. The molecule has 0 aliphatic rings. The topological polar surface area (TPSA) is 74.6 Å². The number of hydrogen-bond donors (Lipinski definition) is 2. The molecule has 0 heterocycles. The summed E-state index contributed by atoms with van der Waals surface area (Å²) < 4.78 is 0. The second-order valence-corrected chi connectivity index (χ2v) is 9.20. The molecule has 0 amide bonds. The Kier molecular flexibility index (Phi) is 24.0. The van der Waals surface area contributed by atoms with Crippen molar-refractivity contribution in [3.05, 3.63) is 0 Å². The maximum atomic E-state index is 11.8. The van der Waals surface area contributed by atoms with Gasteiger partial charge in [0.15, 0.2) is 5.41 Å². The van der Waals surface area contributed by atoms with E-state index in [-0.39, 0.29) is 31.7 Å². The van der Waals surface area contributed by atoms with Gasteiger partial charge in [0.2, 0.25) is 0 Å². The van der Waals surface area contributed by atoms with Gasteiger partial charge >= 0.3 is 30.8 Å². The number of aliphatic carboxylic acids is 2. The summed E-state index contributed by atoms with van der Waals surface area (Å²) >= 11 is 0. The van der Waals surface area contributed by atoms with E-state index in [0.29, 0.717) is 12.8 Å². The fourth-order valence-corrected chi connectivity index (χ4v) is 4.30. The van der Waals surface area contributed by atoms with E-state index in [1.807, 2.05) is 0 Å². The fourth-order valence-electron chi connectivity index (χ4n) is 4.30. The summed E-state index contributed by atoms with van der Waals surface area (Å²) in [5.74, 6) is -2.30. The van der Waals surface area contributed by atoms with Crippen LogP contribution in [0.5, 0.6) is 0 Å². The minimum atomic E-state index is -1.58. The second kappa shape index (κ2) is 22.7. The molecule has 0 saturated heterocycles. The van der Waals surface area contributed by atoms with Gasteiger partial charge in [0.25, 0.3) is 0 Å². The van der Waals surface area contributed by atoms with Gasteiger partial charge in [-0.05, 0) is 12.8 Å². The average Bonchev–Trinajstić information content (AvgIpc) is 2.71. The third-order valence-corrected chi connectivity index (χ3v) is 6.48. The number of unbranched alkanes of at least 4 members (excludes halogenated alkanes) is 17. The van der Waals surface area contributed by atoms with Crippen LogP contribution in [0, 0.1) is 5.41 Å². The van der Waals surface area contributed by atoms with E-state index < -0.39 is 17.4 Å². The molecule has 0 unspecified atom stereocenters. The molecule has 180 valence electrons. The van der Waals surface area contributed by atoms with E-state index in [1.54, 1.807) is 0 Å². The first-order valence-corrected chi connectivity index (χ1v) is 13.0. The molecule has 0 radical (unpaired) electrons. The Hall–Kier alpha value is -0.463. The number of carbonyl (C=O) groups is 2. The van der Waals surface area contributed by atoms with Gasteiger partial charge in [0.1, 0.15) is 0 Å². The van der Waals surface area contributed by atoms with Crippen LogP contribution < -0.4 is 0 Å². The van der Waals surface area contributed by atoms with Crippen LogP contribution in [0.2, 0.25) is 0 Å². The van der Waals surface area contributed by atoms with Crippen LogP contribution in [0.4, 0.5) is 0 Å². The zero-order valence-electron chi connectivity index (χ0n) is 20.1. The Bertz CT molecular complexity index is 412. The first kappa shape index (κ1) is 32.7. The van der Waals surface area contributed by atoms with Crippen LogP contribution >= 0.6 is 0 Å². The predicted molar refractivity (Wildman–Crippen MR) is 133 cm³/mol. The molecule has 5 heteroatoms. The Morgan fingerprint density at radius 3 is 0.935 bits per heavy atom. The van der Waals surface area contributed by atoms with Crippen molar-refractivity contribution in [2.45, 2.75) is 149 Å². The normalized spacial score (nSPS) is 11.3. The van der Waals surface area contributed by atoms with Gasteiger partial charge in [-0.1, -0.05) is 136 Å². The van der Waals surface area contributed by atoms with Crippen molar-refractivity contribution in [1.29, 1.82) is 0 Å². The van der Waals surface area contributed by atoms with Crippen LogP contribution in [0.1, 0.15) is 149 Å². The zero-order chi connectivity index (χ0) is 22.5. The number of hydrogen-bond acceptors (Lipinski definition) is 2. The van der Waals surface area contributed by atoms with E-state index in [0.717, 1.165) is 25.7 Å². The quantitative estimate of drug-likeness (QED) is 0.0980. The van der Waals surface area contributed by atoms with E-state index >= 15 is 0 Å². The third kappa shape index (κ3) is 16.8. The van der Waals surface area contributed by atoms with Gasteiger partial charge < -0.3 is 10.2 Å². The molecule has 0 bridgehead atoms. The van der Waals surface area contributed by atoms with Gasteiger partial charge in [-0.25, -0.2) is 0 Å². The molecular weight excluding hydrogens is 383 g/mol. The summed E-state index contributed by atoms with van der Waals surface area (Å²) in [6.45, 7) is 4.44. The van der Waals surface area contributed by atoms with Gasteiger partial charge in [-0.15, -0.1) is 0 Å². The molecule has 0 aliphatic carbocycles. The monoisotopic (exact) mass is 434 g/mol. The van der Waals surface area contributed by atoms with Crippen LogP contribution in [0.25, 0.3) is 0 Å². The molecule has 0 saturated carbocycles. The van der Waals surface area contributed by atoms with Gasteiger partial charge in [-0.3, -0.25) is 9.59 Å². The second-order valence-electron chi connectivity index (χ2n) is 9.20. The fraction of sp³-hybridized carbons (Fsp3) is 0.923. The van der Waals surface area contributed by atoms with Gasteiger partial charge in [-0.2, -0.15) is 0 Å². The number of rotatable bonds is 23. The molecule has 0 fully saturated rings. The van der Waals surface area contributed by atoms with Gasteiger partial charge in [0.05, 0.1) is 0 Å². The molecule has 0 spiro atoms. The molecule has 4 nitrogen and oxygen atoms in total. The summed E-state index contributed by atoms with van der Waals surface area (Å²) in [6, 6.07) is 0. The van der Waals surface area contributed by atoms with E-state index in [4.69, 9.17) is 0 Å². The van der Waals surface area contributed by atoms with Crippen LogP contribution in [-0.4, -0.2) is 41.0 Å². The first-order chi connectivity index (χ1) is 14.5. The van der Waals surface area contributed by atoms with Crippen molar-refractivity contribution in [1.82, 2.24) is 0 Å². The molecule has 0 aromatic rings. The molecule has 31 heavy (non-hydrogen) atoms. The summed E-state index contributed by atoms with van der Waals surface area (Å²) in [5, 5.41) is 19.4. The molecule has 0 aromatic heterocycles. The molecular formula is C26H51LiO4. The predicted octanol–water partition coefficient (Wildman–Crippen LogP) is 7.73. The SMILES string of the molecule is CCCCCCCCCCCCC(CCCCCCCCCCC)(C(=O)O)C(=O)O.[LiH]. The summed E-state index contributed by atoms with van der Waals surface area (Å²) in [4.78, 5) is 23.7. The Morgan fingerprint density at radius 1 is 0.484 bits per heavy atom.